The minimum atomic E-state index is -0.389. The first kappa shape index (κ1) is 25.7. The molecule has 2 aromatic heterocycles. The Morgan fingerprint density at radius 3 is 2.51 bits per heavy atom. The topological polar surface area (TPSA) is 86.7 Å². The van der Waals surface area contributed by atoms with Crippen LogP contribution in [0.3, 0.4) is 0 Å². The van der Waals surface area contributed by atoms with Gasteiger partial charge in [-0.2, -0.15) is 6.07 Å². The Morgan fingerprint density at radius 1 is 1.05 bits per heavy atom. The fraction of sp³-hybridized carbons (Fsp3) is 0.333. The number of nitrogens with two attached hydrogens (primary N) is 1. The summed E-state index contributed by atoms with van der Waals surface area (Å²) in [7, 11) is 0. The molecule has 0 amide bonds. The van der Waals surface area contributed by atoms with Crippen molar-refractivity contribution in [1.82, 2.24) is 19.5 Å². The molecule has 1 atom stereocenters. The van der Waals surface area contributed by atoms with E-state index in [4.69, 9.17) is 10.7 Å². The van der Waals surface area contributed by atoms with Crippen molar-refractivity contribution in [2.45, 2.75) is 62.4 Å². The summed E-state index contributed by atoms with van der Waals surface area (Å²) in [5.41, 5.74) is 13.3. The molecule has 3 aliphatic rings. The van der Waals surface area contributed by atoms with Gasteiger partial charge in [-0.1, -0.05) is 30.5 Å². The molecular formula is C30H30LiN5O-2. The van der Waals surface area contributed by atoms with Crippen LogP contribution in [0.5, 0.6) is 0 Å². The number of hydrogen-bond donors (Lipinski definition) is 1. The molecule has 4 aromatic rings. The molecule has 2 N–H and O–H groups in total. The van der Waals surface area contributed by atoms with Crippen LogP contribution in [0.4, 0.5) is 0 Å². The van der Waals surface area contributed by atoms with Crippen LogP contribution in [0.1, 0.15) is 85.2 Å². The van der Waals surface area contributed by atoms with Gasteiger partial charge in [-0.15, -0.1) is 23.6 Å². The van der Waals surface area contributed by atoms with E-state index in [-0.39, 0.29) is 37.9 Å². The van der Waals surface area contributed by atoms with Gasteiger partial charge in [0.15, 0.2) is 0 Å². The molecule has 2 fully saturated rings. The van der Waals surface area contributed by atoms with Crippen LogP contribution in [0.15, 0.2) is 48.8 Å². The van der Waals surface area contributed by atoms with Crippen molar-refractivity contribution in [2.24, 2.45) is 5.73 Å². The third kappa shape index (κ3) is 4.22. The monoisotopic (exact) mass is 483 g/mol. The summed E-state index contributed by atoms with van der Waals surface area (Å²) >= 11 is 0. The van der Waals surface area contributed by atoms with E-state index >= 15 is 0 Å². The summed E-state index contributed by atoms with van der Waals surface area (Å²) in [5.74, 6) is 2.26. The quantitative estimate of drug-likeness (QED) is 0.348. The molecule has 3 heterocycles. The molecule has 0 bridgehead atoms. The third-order valence-electron chi connectivity index (χ3n) is 8.08. The second-order valence-electron chi connectivity index (χ2n) is 10.3. The first-order chi connectivity index (χ1) is 17.1. The molecule has 7 rings (SSSR count). The van der Waals surface area contributed by atoms with Crippen LogP contribution in [-0.2, 0) is 10.3 Å². The van der Waals surface area contributed by atoms with Crippen LogP contribution in [0.2, 0.25) is 0 Å². The second kappa shape index (κ2) is 9.76. The molecule has 0 saturated heterocycles. The Morgan fingerprint density at radius 2 is 1.81 bits per heavy atom. The predicted octanol–water partition coefficient (Wildman–Crippen LogP) is 2.56. The fourth-order valence-electron chi connectivity index (χ4n) is 6.09. The SMILES string of the molecule is NC1(c2ncc(-c3ccc4nc5n(c4c3)[C@@H](c3c([C-]=O)cccc3C3CC3)C[CH-]5)cn2)CCCC1.[CH3-].[Li+]. The molecule has 0 spiro atoms. The fourth-order valence-corrected chi connectivity index (χ4v) is 6.09. The van der Waals surface area contributed by atoms with Gasteiger partial charge in [-0.25, -0.2) is 9.97 Å². The Kier molecular flexibility index (Phi) is 6.78. The van der Waals surface area contributed by atoms with Crippen LogP contribution >= 0.6 is 0 Å². The first-order valence-electron chi connectivity index (χ1n) is 12.6. The largest absolute Gasteiger partial charge is 1.00 e. The van der Waals surface area contributed by atoms with E-state index in [1.807, 2.05) is 24.5 Å². The van der Waals surface area contributed by atoms with Gasteiger partial charge in [-0.05, 0) is 61.2 Å². The molecule has 0 radical (unpaired) electrons. The van der Waals surface area contributed by atoms with Crippen molar-refractivity contribution in [3.8, 4) is 11.1 Å². The van der Waals surface area contributed by atoms with Gasteiger partial charge < -0.3 is 28.9 Å². The number of benzene rings is 2. The van der Waals surface area contributed by atoms with Crippen LogP contribution < -0.4 is 24.6 Å². The maximum Gasteiger partial charge on any atom is 1.00 e. The van der Waals surface area contributed by atoms with Gasteiger partial charge >= 0.3 is 18.9 Å². The van der Waals surface area contributed by atoms with Crippen LogP contribution in [0, 0.1) is 13.8 Å². The minimum absolute atomic E-state index is 0. The summed E-state index contributed by atoms with van der Waals surface area (Å²) in [6.45, 7) is 0. The summed E-state index contributed by atoms with van der Waals surface area (Å²) < 4.78 is 2.30. The van der Waals surface area contributed by atoms with Gasteiger partial charge in [0.25, 0.3) is 0 Å². The van der Waals surface area contributed by atoms with E-state index in [0.717, 1.165) is 71.5 Å². The zero-order valence-electron chi connectivity index (χ0n) is 21.6. The van der Waals surface area contributed by atoms with Crippen molar-refractivity contribution in [3.63, 3.8) is 0 Å². The van der Waals surface area contributed by atoms with Crippen molar-refractivity contribution >= 4 is 17.3 Å². The normalized spacial score (nSPS) is 19.5. The Balaban J connectivity index is 0.00000140. The maximum absolute atomic E-state index is 11.9. The summed E-state index contributed by atoms with van der Waals surface area (Å²) in [4.78, 5) is 26.1. The molecule has 184 valence electrons. The van der Waals surface area contributed by atoms with Gasteiger partial charge in [0.05, 0.1) is 22.9 Å². The van der Waals surface area contributed by atoms with Crippen LogP contribution in [0.25, 0.3) is 22.2 Å². The van der Waals surface area contributed by atoms with Gasteiger partial charge in [0.1, 0.15) is 5.82 Å². The predicted molar refractivity (Wildman–Crippen MR) is 141 cm³/mol. The van der Waals surface area contributed by atoms with Crippen molar-refractivity contribution < 1.29 is 23.7 Å². The molecule has 6 nitrogen and oxygen atoms in total. The van der Waals surface area contributed by atoms with Crippen LogP contribution in [-0.4, -0.2) is 25.8 Å². The molecular weight excluding hydrogens is 453 g/mol. The number of hydrogen-bond acceptors (Lipinski definition) is 5. The molecule has 1 aliphatic heterocycles. The van der Waals surface area contributed by atoms with Crippen molar-refractivity contribution in [3.05, 3.63) is 91.0 Å². The van der Waals surface area contributed by atoms with E-state index in [1.54, 1.807) is 0 Å². The second-order valence-corrected chi connectivity index (χ2v) is 10.3. The Hall–Kier alpha value is -2.91. The Labute approximate surface area is 230 Å². The number of fused-ring (bicyclic) bond motifs is 3. The zero-order valence-corrected chi connectivity index (χ0v) is 21.6. The van der Waals surface area contributed by atoms with E-state index in [2.05, 4.69) is 51.5 Å². The van der Waals surface area contributed by atoms with Gasteiger partial charge in [0.2, 0.25) is 0 Å². The van der Waals surface area contributed by atoms with E-state index in [9.17, 15) is 4.79 Å². The maximum atomic E-state index is 11.9. The molecule has 7 heteroatoms. The van der Waals surface area contributed by atoms with Gasteiger partial charge in [-0.3, -0.25) is 4.98 Å². The average molecular weight is 484 g/mol. The number of imidazole rings is 1. The van der Waals surface area contributed by atoms with E-state index < -0.39 is 0 Å². The molecule has 2 aliphatic carbocycles. The van der Waals surface area contributed by atoms with E-state index in [1.165, 1.54) is 18.4 Å². The third-order valence-corrected chi connectivity index (χ3v) is 8.08. The Bertz CT molecular complexity index is 1450. The smallest absolute Gasteiger partial charge is 0.376 e. The molecule has 0 unspecified atom stereocenters. The number of nitrogens with zero attached hydrogens (tertiary/aromatic N) is 4. The molecule has 2 saturated carbocycles. The number of aromatic nitrogens is 4. The summed E-state index contributed by atoms with van der Waals surface area (Å²) in [6, 6.07) is 12.4. The zero-order chi connectivity index (χ0) is 23.6. The standard InChI is InChI=1S/C29H27N5O.CH3.Li/c30-29(12-1-2-13-29)28-31-15-21(16-32-28)19-8-9-23-25(14-19)34-24(10-11-26(34)33-23)27-20(17-35)4-3-5-22(27)18-6-7-18;;/h3-5,8-9,11,14-16,18,24H,1-2,6-7,10,12-13,30H2;1H3;/q-2;-1;+1/t24-;;/m1../s1. The summed E-state index contributed by atoms with van der Waals surface area (Å²) in [5, 5.41) is 0. The summed E-state index contributed by atoms with van der Waals surface area (Å²) in [6.07, 6.45) is 15.5. The average Bonchev–Trinajstić information content (AvgIpc) is 3.34. The van der Waals surface area contributed by atoms with Gasteiger partial charge in [0, 0.05) is 18.0 Å². The number of carbonyl (C=O) groups excluding carboxylic acids is 1. The molecule has 37 heavy (non-hydrogen) atoms. The molecule has 2 aromatic carbocycles. The van der Waals surface area contributed by atoms with Crippen molar-refractivity contribution in [2.75, 3.05) is 0 Å². The number of rotatable bonds is 5. The van der Waals surface area contributed by atoms with Crippen molar-refractivity contribution in [1.29, 1.82) is 0 Å². The minimum Gasteiger partial charge on any atom is -0.376 e. The van der Waals surface area contributed by atoms with E-state index in [0.29, 0.717) is 11.5 Å². The first-order valence-corrected chi connectivity index (χ1v) is 12.6.